The molecule has 11 heavy (non-hydrogen) atoms. The van der Waals surface area contributed by atoms with Gasteiger partial charge >= 0.3 is 40.0 Å². The Hall–Kier alpha value is 0.859. The molecule has 0 fully saturated rings. The van der Waals surface area contributed by atoms with E-state index in [0.717, 1.165) is 6.92 Å². The van der Waals surface area contributed by atoms with E-state index in [0.29, 0.717) is 0 Å². The van der Waals surface area contributed by atoms with Crippen LogP contribution >= 0.6 is 0 Å². The van der Waals surface area contributed by atoms with Gasteiger partial charge in [-0.1, -0.05) is 0 Å². The normalized spacial score (nSPS) is 7.55. The maximum atomic E-state index is 9.00. The van der Waals surface area contributed by atoms with Crippen LogP contribution in [0.2, 0.25) is 0 Å². The average Bonchev–Trinajstić information content (AvgIpc) is 1.19. The molecule has 9 heteroatoms. The Labute approximate surface area is 98.2 Å². The fourth-order valence-corrected chi connectivity index (χ4v) is 0. The van der Waals surface area contributed by atoms with Crippen LogP contribution in [-0.2, 0) is 32.3 Å². The van der Waals surface area contributed by atoms with E-state index in [2.05, 4.69) is 0 Å². The third-order valence-electron chi connectivity index (χ3n) is 0. The first kappa shape index (κ1) is 22.6. The second-order valence-electron chi connectivity index (χ2n) is 0.967. The van der Waals surface area contributed by atoms with Crippen LogP contribution in [0.15, 0.2) is 0 Å². The Morgan fingerprint density at radius 1 is 1.36 bits per heavy atom. The van der Waals surface area contributed by atoms with Gasteiger partial charge in [-0.25, -0.2) is 0 Å². The molecule has 0 atom stereocenters. The van der Waals surface area contributed by atoms with Crippen LogP contribution in [0.3, 0.4) is 0 Å². The summed E-state index contributed by atoms with van der Waals surface area (Å²) in [4.78, 5) is 9.00. The molecular formula is C2H7CuNaO6S. The van der Waals surface area contributed by atoms with Crippen LogP contribution in [0, 0.1) is 0 Å². The van der Waals surface area contributed by atoms with Crippen molar-refractivity contribution in [1.82, 2.24) is 0 Å². The number of aliphatic carboxylic acids is 1. The second-order valence-corrected chi connectivity index (χ2v) is 1.86. The Morgan fingerprint density at radius 2 is 1.36 bits per heavy atom. The average molecular weight is 246 g/mol. The van der Waals surface area contributed by atoms with Crippen molar-refractivity contribution in [3.05, 3.63) is 0 Å². The smallest absolute Gasteiger partial charge is 1.00 e. The summed E-state index contributed by atoms with van der Waals surface area (Å²) in [5, 5.41) is 7.42. The molecule has 0 saturated carbocycles. The van der Waals surface area contributed by atoms with Crippen LogP contribution in [-0.4, -0.2) is 28.6 Å². The standard InChI is InChI=1S/C2H4O2.Cu.Na.H2O4S.H/c1-2(3)4;;;1-5(2,3)4;/h1H3,(H,3,4);;;(H2,1,2,3,4);/q;;+1;;-1. The maximum absolute atomic E-state index is 9.00. The fraction of sp³-hybridized carbons (Fsp3) is 0.500. The molecule has 0 aliphatic heterocycles. The number of hydrogen-bond donors (Lipinski definition) is 3. The van der Waals surface area contributed by atoms with E-state index >= 15 is 0 Å². The maximum Gasteiger partial charge on any atom is 1.00 e. The number of carbonyl (C=O) groups is 1. The molecule has 0 aromatic heterocycles. The summed E-state index contributed by atoms with van der Waals surface area (Å²) in [5.74, 6) is -0.833. The van der Waals surface area contributed by atoms with Gasteiger partial charge in [0.25, 0.3) is 5.97 Å². The first-order valence-electron chi connectivity index (χ1n) is 1.63. The molecule has 0 rings (SSSR count). The summed E-state index contributed by atoms with van der Waals surface area (Å²) < 4.78 is 31.6. The Morgan fingerprint density at radius 3 is 1.36 bits per heavy atom. The molecule has 0 aromatic rings. The third kappa shape index (κ3) is 1150. The molecule has 0 aromatic carbocycles. The van der Waals surface area contributed by atoms with Crippen molar-refractivity contribution in [3.8, 4) is 0 Å². The van der Waals surface area contributed by atoms with Crippen LogP contribution in [0.5, 0.6) is 0 Å². The molecule has 0 spiro atoms. The van der Waals surface area contributed by atoms with Gasteiger partial charge in [-0.2, -0.15) is 8.42 Å². The molecule has 0 unspecified atom stereocenters. The summed E-state index contributed by atoms with van der Waals surface area (Å²) in [6.45, 7) is 1.08. The van der Waals surface area contributed by atoms with Gasteiger partial charge in [-0.3, -0.25) is 13.9 Å². The molecule has 0 aliphatic rings. The van der Waals surface area contributed by atoms with E-state index in [-0.39, 0.29) is 48.1 Å². The van der Waals surface area contributed by atoms with E-state index < -0.39 is 16.4 Å². The van der Waals surface area contributed by atoms with Crippen molar-refractivity contribution < 1.29 is 75.5 Å². The first-order chi connectivity index (χ1) is 3.73. The molecule has 6 nitrogen and oxygen atoms in total. The second kappa shape index (κ2) is 10.9. The third-order valence-corrected chi connectivity index (χ3v) is 0. The Kier molecular flexibility index (Phi) is 22.4. The van der Waals surface area contributed by atoms with Gasteiger partial charge in [-0.15, -0.1) is 0 Å². The number of rotatable bonds is 0. The molecular weight excluding hydrogens is 239 g/mol. The van der Waals surface area contributed by atoms with Gasteiger partial charge in [-0.05, 0) is 0 Å². The van der Waals surface area contributed by atoms with Crippen molar-refractivity contribution in [2.45, 2.75) is 6.92 Å². The van der Waals surface area contributed by atoms with Crippen molar-refractivity contribution in [3.63, 3.8) is 0 Å². The molecule has 0 saturated heterocycles. The topological polar surface area (TPSA) is 112 Å². The summed E-state index contributed by atoms with van der Waals surface area (Å²) in [6, 6.07) is 0. The monoisotopic (exact) mass is 245 g/mol. The van der Waals surface area contributed by atoms with Gasteiger partial charge in [0.1, 0.15) is 0 Å². The van der Waals surface area contributed by atoms with Crippen LogP contribution in [0.4, 0.5) is 0 Å². The fourth-order valence-electron chi connectivity index (χ4n) is 0. The predicted octanol–water partition coefficient (Wildman–Crippen LogP) is -3.45. The predicted molar refractivity (Wildman–Crippen MR) is 28.6 cm³/mol. The largest absolute Gasteiger partial charge is 1.00 e. The number of hydrogen-bond acceptors (Lipinski definition) is 3. The minimum atomic E-state index is -4.67. The van der Waals surface area contributed by atoms with Gasteiger partial charge < -0.3 is 6.53 Å². The molecule has 0 amide bonds. The minimum Gasteiger partial charge on any atom is -1.00 e. The molecule has 0 bridgehead atoms. The van der Waals surface area contributed by atoms with Crippen LogP contribution < -0.4 is 29.6 Å². The molecule has 0 heterocycles. The first-order valence-corrected chi connectivity index (χ1v) is 3.02. The van der Waals surface area contributed by atoms with Gasteiger partial charge in [0, 0.05) is 24.0 Å². The quantitative estimate of drug-likeness (QED) is 0.302. The van der Waals surface area contributed by atoms with E-state index in [1.54, 1.807) is 0 Å². The number of carboxylic acids is 1. The van der Waals surface area contributed by atoms with E-state index in [9.17, 15) is 0 Å². The van der Waals surface area contributed by atoms with Crippen molar-refractivity contribution in [2.75, 3.05) is 0 Å². The van der Waals surface area contributed by atoms with Crippen molar-refractivity contribution in [1.29, 1.82) is 0 Å². The van der Waals surface area contributed by atoms with Crippen molar-refractivity contribution >= 4 is 16.4 Å². The molecule has 0 aliphatic carbocycles. The zero-order valence-electron chi connectivity index (χ0n) is 6.78. The molecule has 69 valence electrons. The van der Waals surface area contributed by atoms with E-state index in [4.69, 9.17) is 27.4 Å². The van der Waals surface area contributed by atoms with Gasteiger partial charge in [0.2, 0.25) is 0 Å². The Bertz CT molecular complexity index is 168. The zero-order valence-corrected chi connectivity index (χ0v) is 9.53. The van der Waals surface area contributed by atoms with Crippen LogP contribution in [0.1, 0.15) is 8.35 Å². The molecule has 1 radical (unpaired) electrons. The summed E-state index contributed by atoms with van der Waals surface area (Å²) in [7, 11) is -4.67. The van der Waals surface area contributed by atoms with E-state index in [1.807, 2.05) is 0 Å². The zero-order chi connectivity index (χ0) is 8.08. The molecule has 3 N–H and O–H groups in total. The van der Waals surface area contributed by atoms with E-state index in [1.165, 1.54) is 0 Å². The minimum absolute atomic E-state index is 0. The van der Waals surface area contributed by atoms with Crippen LogP contribution in [0.25, 0.3) is 0 Å². The summed E-state index contributed by atoms with van der Waals surface area (Å²) >= 11 is 0. The van der Waals surface area contributed by atoms with Gasteiger partial charge in [0.05, 0.1) is 0 Å². The summed E-state index contributed by atoms with van der Waals surface area (Å²) in [5.41, 5.74) is 0. The SMILES string of the molecule is CC(=O)O.O=S(=O)(O)O.[Cu].[H-].[Na+]. The Balaban J connectivity index is -0.0000000221. The summed E-state index contributed by atoms with van der Waals surface area (Å²) in [6.07, 6.45) is 0. The van der Waals surface area contributed by atoms with Gasteiger partial charge in [0.15, 0.2) is 0 Å². The van der Waals surface area contributed by atoms with Crippen molar-refractivity contribution in [2.24, 2.45) is 0 Å². The number of carboxylic acid groups (broad SMARTS) is 1.